The van der Waals surface area contributed by atoms with Crippen molar-refractivity contribution >= 4 is 17.1 Å². The van der Waals surface area contributed by atoms with Gasteiger partial charge in [-0.2, -0.15) is 4.31 Å². The molecule has 3 aromatic rings. The molecule has 38 heavy (non-hydrogen) atoms. The molecule has 0 aromatic heterocycles. The van der Waals surface area contributed by atoms with Gasteiger partial charge < -0.3 is 9.31 Å². The molecule has 0 N–H and O–H groups in total. The van der Waals surface area contributed by atoms with Crippen LogP contribution in [-0.4, -0.2) is 43.6 Å². The normalized spacial score (nSPS) is 22.9. The van der Waals surface area contributed by atoms with Crippen LogP contribution in [0.4, 0.5) is 0 Å². The van der Waals surface area contributed by atoms with E-state index in [1.54, 1.807) is 16.4 Å². The van der Waals surface area contributed by atoms with Crippen molar-refractivity contribution in [1.82, 2.24) is 4.31 Å². The Labute approximate surface area is 228 Å². The molecule has 2 heterocycles. The number of hydrogen-bond acceptors (Lipinski definition) is 4. The smallest absolute Gasteiger partial charge is 0.403 e. The van der Waals surface area contributed by atoms with Gasteiger partial charge in [0.1, 0.15) is 0 Å². The van der Waals surface area contributed by atoms with E-state index in [0.717, 1.165) is 23.1 Å². The zero-order chi connectivity index (χ0) is 27.2. The van der Waals surface area contributed by atoms with Crippen LogP contribution in [0.2, 0.25) is 6.32 Å². The Morgan fingerprint density at radius 1 is 0.816 bits per heavy atom. The molecule has 1 atom stereocenters. The van der Waals surface area contributed by atoms with Crippen LogP contribution in [0.3, 0.4) is 0 Å². The van der Waals surface area contributed by atoms with E-state index in [-0.39, 0.29) is 6.04 Å². The Hall–Kier alpha value is -2.45. The highest BCUT2D eigenvalue weighted by Gasteiger charge is 2.54. The lowest BCUT2D eigenvalue weighted by molar-refractivity contribution is 0.00578. The Kier molecular flexibility index (Phi) is 7.10. The summed E-state index contributed by atoms with van der Waals surface area (Å²) in [4.78, 5) is 0.318. The van der Waals surface area contributed by atoms with E-state index in [9.17, 15) is 8.42 Å². The van der Waals surface area contributed by atoms with Crippen LogP contribution in [0.25, 0.3) is 0 Å². The monoisotopic (exact) mass is 531 g/mol. The summed E-state index contributed by atoms with van der Waals surface area (Å²) >= 11 is 0. The van der Waals surface area contributed by atoms with E-state index in [4.69, 9.17) is 9.31 Å². The molecular weight excluding hydrogens is 493 g/mol. The van der Waals surface area contributed by atoms with Gasteiger partial charge >= 0.3 is 7.12 Å². The van der Waals surface area contributed by atoms with Gasteiger partial charge in [-0.1, -0.05) is 78.4 Å². The van der Waals surface area contributed by atoms with Crippen molar-refractivity contribution in [3.8, 4) is 0 Å². The molecule has 0 radical (unpaired) electrons. The lowest BCUT2D eigenvalue weighted by atomic mass is 9.66. The van der Waals surface area contributed by atoms with E-state index in [2.05, 4.69) is 24.3 Å². The standard InChI is InChI=1S/C31H38BNO4S/c1-24-16-18-28(19-17-24)38(34,35)33-23-31(25-12-8-6-9-13-25,26-14-10-7-11-15-26)21-20-27(33)22-32-36-29(2,3)30(4,5)37-32/h6-19,27H,20-23H2,1-5H3. The fourth-order valence-corrected chi connectivity index (χ4v) is 7.55. The third kappa shape index (κ3) is 4.86. The molecule has 0 bridgehead atoms. The number of aryl methyl sites for hydroxylation is 1. The van der Waals surface area contributed by atoms with Gasteiger partial charge in [0.15, 0.2) is 0 Å². The number of nitrogens with zero attached hydrogens (tertiary/aromatic N) is 1. The van der Waals surface area contributed by atoms with Gasteiger partial charge in [0.2, 0.25) is 10.0 Å². The second kappa shape index (κ2) is 9.94. The first-order valence-corrected chi connectivity index (χ1v) is 14.9. The van der Waals surface area contributed by atoms with Crippen molar-refractivity contribution in [3.63, 3.8) is 0 Å². The first-order chi connectivity index (χ1) is 17.9. The lowest BCUT2D eigenvalue weighted by Crippen LogP contribution is -2.54. The Morgan fingerprint density at radius 3 is 1.82 bits per heavy atom. The Bertz CT molecular complexity index is 1300. The summed E-state index contributed by atoms with van der Waals surface area (Å²) in [5, 5.41) is 0. The molecule has 2 aliphatic heterocycles. The predicted octanol–water partition coefficient (Wildman–Crippen LogP) is 6.23. The number of rotatable bonds is 6. The molecule has 0 spiro atoms. The minimum atomic E-state index is -3.79. The summed E-state index contributed by atoms with van der Waals surface area (Å²) in [7, 11) is -4.26. The van der Waals surface area contributed by atoms with E-state index in [1.807, 2.05) is 83.1 Å². The molecule has 2 aliphatic rings. The molecule has 200 valence electrons. The predicted molar refractivity (Wildman–Crippen MR) is 153 cm³/mol. The van der Waals surface area contributed by atoms with E-state index < -0.39 is 33.8 Å². The molecule has 5 nitrogen and oxygen atoms in total. The van der Waals surface area contributed by atoms with Crippen molar-refractivity contribution in [2.75, 3.05) is 6.54 Å². The Balaban J connectivity index is 1.58. The van der Waals surface area contributed by atoms with Crippen molar-refractivity contribution in [2.24, 2.45) is 0 Å². The molecule has 1 unspecified atom stereocenters. The van der Waals surface area contributed by atoms with Crippen LogP contribution >= 0.6 is 0 Å². The van der Waals surface area contributed by atoms with Gasteiger partial charge in [0, 0.05) is 18.0 Å². The lowest BCUT2D eigenvalue weighted by Gasteiger charge is -2.47. The van der Waals surface area contributed by atoms with Crippen molar-refractivity contribution in [1.29, 1.82) is 0 Å². The van der Waals surface area contributed by atoms with Crippen LogP contribution in [0.1, 0.15) is 57.2 Å². The zero-order valence-corrected chi connectivity index (χ0v) is 23.9. The fraction of sp³-hybridized carbons (Fsp3) is 0.419. The second-order valence-corrected chi connectivity index (χ2v) is 13.7. The maximum atomic E-state index is 14.3. The molecule has 0 aliphatic carbocycles. The third-order valence-corrected chi connectivity index (χ3v) is 10.7. The van der Waals surface area contributed by atoms with Crippen molar-refractivity contribution < 1.29 is 17.7 Å². The molecular formula is C31H38BNO4S. The van der Waals surface area contributed by atoms with Gasteiger partial charge in [0.25, 0.3) is 0 Å². The second-order valence-electron chi connectivity index (χ2n) is 11.8. The first-order valence-electron chi connectivity index (χ1n) is 13.5. The highest BCUT2D eigenvalue weighted by molar-refractivity contribution is 7.89. The van der Waals surface area contributed by atoms with Gasteiger partial charge in [-0.05, 0) is 77.0 Å². The summed E-state index contributed by atoms with van der Waals surface area (Å²) in [5.74, 6) is 0. The summed E-state index contributed by atoms with van der Waals surface area (Å²) in [6.07, 6.45) is 2.00. The first kappa shape index (κ1) is 27.1. The molecule has 0 amide bonds. The molecule has 2 saturated heterocycles. The van der Waals surface area contributed by atoms with Gasteiger partial charge in [0.05, 0.1) is 16.1 Å². The summed E-state index contributed by atoms with van der Waals surface area (Å²) in [5.41, 5.74) is 1.88. The highest BCUT2D eigenvalue weighted by atomic mass is 32.2. The average Bonchev–Trinajstić information content (AvgIpc) is 3.10. The molecule has 3 aromatic carbocycles. The fourth-order valence-electron chi connectivity index (χ4n) is 5.83. The molecule has 5 rings (SSSR count). The largest absolute Gasteiger partial charge is 0.459 e. The highest BCUT2D eigenvalue weighted by Crippen LogP contribution is 2.46. The zero-order valence-electron chi connectivity index (χ0n) is 23.1. The maximum Gasteiger partial charge on any atom is 0.459 e. The van der Waals surface area contributed by atoms with E-state index in [0.29, 0.717) is 24.2 Å². The average molecular weight is 532 g/mol. The topological polar surface area (TPSA) is 55.8 Å². The van der Waals surface area contributed by atoms with Gasteiger partial charge in [-0.25, -0.2) is 8.42 Å². The number of hydrogen-bond donors (Lipinski definition) is 0. The number of benzene rings is 3. The van der Waals surface area contributed by atoms with E-state index in [1.165, 1.54) is 0 Å². The molecule has 7 heteroatoms. The van der Waals surface area contributed by atoms with Crippen molar-refractivity contribution in [2.45, 2.75) is 81.3 Å². The quantitative estimate of drug-likeness (QED) is 0.354. The number of piperidine rings is 1. The maximum absolute atomic E-state index is 14.3. The number of sulfonamides is 1. The van der Waals surface area contributed by atoms with Crippen LogP contribution in [0.5, 0.6) is 0 Å². The molecule has 0 saturated carbocycles. The summed E-state index contributed by atoms with van der Waals surface area (Å²) < 4.78 is 43.0. The van der Waals surface area contributed by atoms with Gasteiger partial charge in [-0.15, -0.1) is 0 Å². The van der Waals surface area contributed by atoms with Gasteiger partial charge in [-0.3, -0.25) is 0 Å². The SMILES string of the molecule is Cc1ccc(S(=O)(=O)N2CC(c3ccccc3)(c3ccccc3)CCC2CB2OC(C)(C)C(C)(C)O2)cc1. The van der Waals surface area contributed by atoms with E-state index >= 15 is 0 Å². The van der Waals surface area contributed by atoms with Crippen LogP contribution < -0.4 is 0 Å². The Morgan fingerprint density at radius 2 is 1.32 bits per heavy atom. The minimum Gasteiger partial charge on any atom is -0.403 e. The van der Waals surface area contributed by atoms with Crippen LogP contribution in [-0.2, 0) is 24.7 Å². The summed E-state index contributed by atoms with van der Waals surface area (Å²) in [6.45, 7) is 10.4. The van der Waals surface area contributed by atoms with Crippen LogP contribution in [0.15, 0.2) is 89.8 Å². The third-order valence-electron chi connectivity index (χ3n) is 8.78. The summed E-state index contributed by atoms with van der Waals surface area (Å²) in [6, 6.07) is 27.6. The van der Waals surface area contributed by atoms with Crippen LogP contribution in [0, 0.1) is 6.92 Å². The van der Waals surface area contributed by atoms with Crippen molar-refractivity contribution in [3.05, 3.63) is 102 Å². The minimum absolute atomic E-state index is 0.253. The molecule has 2 fully saturated rings.